The van der Waals surface area contributed by atoms with Gasteiger partial charge in [0, 0.05) is 0 Å². The second kappa shape index (κ2) is 8.92. The first kappa shape index (κ1) is 20.1. The van der Waals surface area contributed by atoms with E-state index in [0.29, 0.717) is 0 Å². The molecule has 10 nitrogen and oxygen atoms in total. The zero-order valence-electron chi connectivity index (χ0n) is 13.6. The first-order chi connectivity index (χ1) is 12.3. The minimum Gasteiger partial charge on any atom is -0.455 e. The molecule has 144 valence electrons. The molecule has 0 saturated heterocycles. The number of ether oxygens (including phenoxy) is 2. The number of aliphatic hydroxyl groups excluding tert-OH is 5. The maximum absolute atomic E-state index is 11.7. The Balaban J connectivity index is 1.78. The maximum atomic E-state index is 11.7. The van der Waals surface area contributed by atoms with E-state index in [9.17, 15) is 35.1 Å². The Kier molecular flexibility index (Phi) is 6.89. The molecule has 10 heteroatoms. The van der Waals surface area contributed by atoms with Gasteiger partial charge in [0.15, 0.2) is 6.10 Å². The van der Waals surface area contributed by atoms with Gasteiger partial charge in [0.25, 0.3) is 0 Å². The van der Waals surface area contributed by atoms with Crippen molar-refractivity contribution < 1.29 is 44.6 Å². The lowest BCUT2D eigenvalue weighted by molar-refractivity contribution is -0.233. The number of rotatable bonds is 5. The van der Waals surface area contributed by atoms with Crippen molar-refractivity contribution in [3.05, 3.63) is 35.9 Å². The Morgan fingerprint density at radius 3 is 2.00 bits per heavy atom. The fourth-order valence-electron chi connectivity index (χ4n) is 2.45. The molecule has 1 aromatic rings. The van der Waals surface area contributed by atoms with Crippen LogP contribution in [0.2, 0.25) is 0 Å². The van der Waals surface area contributed by atoms with Gasteiger partial charge in [-0.15, -0.1) is 0 Å². The van der Waals surface area contributed by atoms with Gasteiger partial charge in [-0.3, -0.25) is 4.79 Å². The first-order valence-electron chi connectivity index (χ1n) is 7.85. The van der Waals surface area contributed by atoms with Crippen LogP contribution in [-0.4, -0.2) is 80.8 Å². The standard InChI is InChI=1S/C16H21NO9/c18-9(6-17-16(24)25-7-8-4-2-1-3-5-8)26-15-13(22)11(20)10(19)12(21)14(15)23/h1-5,10-15,19-23H,6-7H2,(H,17,24)/t10-,11-,12+,13+,14-,15-. The Bertz CT molecular complexity index is 595. The van der Waals surface area contributed by atoms with Gasteiger partial charge in [-0.1, -0.05) is 30.3 Å². The van der Waals surface area contributed by atoms with Gasteiger partial charge in [-0.05, 0) is 5.56 Å². The molecule has 26 heavy (non-hydrogen) atoms. The van der Waals surface area contributed by atoms with E-state index in [1.54, 1.807) is 30.3 Å². The minimum atomic E-state index is -1.81. The second-order valence-corrected chi connectivity index (χ2v) is 5.82. The molecule has 1 aliphatic rings. The number of alkyl carbamates (subject to hydrolysis) is 1. The average molecular weight is 371 g/mol. The molecule has 1 saturated carbocycles. The predicted octanol–water partition coefficient (Wildman–Crippen LogP) is -2.36. The van der Waals surface area contributed by atoms with Crippen LogP contribution >= 0.6 is 0 Å². The molecule has 0 radical (unpaired) electrons. The van der Waals surface area contributed by atoms with E-state index >= 15 is 0 Å². The average Bonchev–Trinajstić information content (AvgIpc) is 2.65. The first-order valence-corrected chi connectivity index (χ1v) is 7.85. The highest BCUT2D eigenvalue weighted by Gasteiger charge is 2.50. The highest BCUT2D eigenvalue weighted by Crippen LogP contribution is 2.23. The highest BCUT2D eigenvalue weighted by atomic mass is 16.6. The lowest BCUT2D eigenvalue weighted by atomic mass is 9.85. The Hall–Kier alpha value is -2.24. The van der Waals surface area contributed by atoms with Crippen molar-refractivity contribution in [2.75, 3.05) is 6.54 Å². The fraction of sp³-hybridized carbons (Fsp3) is 0.500. The zero-order valence-corrected chi connectivity index (χ0v) is 13.6. The number of amides is 1. The second-order valence-electron chi connectivity index (χ2n) is 5.82. The van der Waals surface area contributed by atoms with Crippen molar-refractivity contribution in [2.24, 2.45) is 0 Å². The van der Waals surface area contributed by atoms with Crippen LogP contribution in [0.3, 0.4) is 0 Å². The third-order valence-electron chi connectivity index (χ3n) is 3.93. The predicted molar refractivity (Wildman–Crippen MR) is 84.5 cm³/mol. The van der Waals surface area contributed by atoms with Crippen molar-refractivity contribution in [1.82, 2.24) is 5.32 Å². The van der Waals surface area contributed by atoms with Crippen LogP contribution in [0.1, 0.15) is 5.56 Å². The molecule has 6 atom stereocenters. The number of hydrogen-bond acceptors (Lipinski definition) is 9. The normalized spacial score (nSPS) is 31.1. The van der Waals surface area contributed by atoms with Crippen molar-refractivity contribution in [3.63, 3.8) is 0 Å². The van der Waals surface area contributed by atoms with Crippen molar-refractivity contribution in [3.8, 4) is 0 Å². The van der Waals surface area contributed by atoms with Crippen molar-refractivity contribution in [1.29, 1.82) is 0 Å². The van der Waals surface area contributed by atoms with Crippen LogP contribution in [0.4, 0.5) is 4.79 Å². The van der Waals surface area contributed by atoms with Gasteiger partial charge >= 0.3 is 12.1 Å². The van der Waals surface area contributed by atoms with Gasteiger partial charge in [0.2, 0.25) is 0 Å². The van der Waals surface area contributed by atoms with E-state index in [-0.39, 0.29) is 6.61 Å². The zero-order chi connectivity index (χ0) is 19.3. The Morgan fingerprint density at radius 2 is 1.42 bits per heavy atom. The summed E-state index contributed by atoms with van der Waals surface area (Å²) >= 11 is 0. The molecule has 1 amide bonds. The molecule has 1 fully saturated rings. The van der Waals surface area contributed by atoms with E-state index in [1.165, 1.54) is 0 Å². The third kappa shape index (κ3) is 4.90. The van der Waals surface area contributed by atoms with Crippen LogP contribution in [0.25, 0.3) is 0 Å². The minimum absolute atomic E-state index is 0.00194. The van der Waals surface area contributed by atoms with E-state index in [4.69, 9.17) is 9.47 Å². The number of benzene rings is 1. The number of nitrogens with one attached hydrogen (secondary N) is 1. The lowest BCUT2D eigenvalue weighted by Gasteiger charge is -2.41. The number of esters is 1. The SMILES string of the molecule is O=C(CNC(=O)OCc1ccccc1)O[C@H]1[C@H](O)[C@@H](O)[C@H](O)[C@@H](O)[C@@H]1O. The van der Waals surface area contributed by atoms with Crippen LogP contribution in [0.5, 0.6) is 0 Å². The summed E-state index contributed by atoms with van der Waals surface area (Å²) in [4.78, 5) is 23.3. The summed E-state index contributed by atoms with van der Waals surface area (Å²) < 4.78 is 9.67. The third-order valence-corrected chi connectivity index (χ3v) is 3.93. The number of carbonyl (C=O) groups excluding carboxylic acids is 2. The largest absolute Gasteiger partial charge is 0.455 e. The summed E-state index contributed by atoms with van der Waals surface area (Å²) in [6, 6.07) is 8.85. The summed E-state index contributed by atoms with van der Waals surface area (Å²) in [5.41, 5.74) is 0.750. The van der Waals surface area contributed by atoms with E-state index in [0.717, 1.165) is 5.56 Å². The van der Waals surface area contributed by atoms with E-state index < -0.39 is 55.2 Å². The molecule has 1 aliphatic carbocycles. The Labute approximate surface area is 148 Å². The molecule has 0 bridgehead atoms. The molecule has 0 unspecified atom stereocenters. The molecule has 6 N–H and O–H groups in total. The summed E-state index contributed by atoms with van der Waals surface area (Å²) in [7, 11) is 0. The summed E-state index contributed by atoms with van der Waals surface area (Å²) in [5.74, 6) is -1.04. The van der Waals surface area contributed by atoms with Crippen LogP contribution in [0, 0.1) is 0 Å². The molecular formula is C16H21NO9. The molecule has 0 spiro atoms. The molecule has 0 aliphatic heterocycles. The number of carbonyl (C=O) groups is 2. The molecule has 2 rings (SSSR count). The molecule has 1 aromatic carbocycles. The summed E-state index contributed by atoms with van der Waals surface area (Å²) in [6.07, 6.45) is -11.6. The van der Waals surface area contributed by atoms with Crippen molar-refractivity contribution in [2.45, 2.75) is 43.2 Å². The lowest BCUT2D eigenvalue weighted by Crippen LogP contribution is -2.64. The number of hydrogen-bond donors (Lipinski definition) is 6. The van der Waals surface area contributed by atoms with Gasteiger partial charge < -0.3 is 40.3 Å². The van der Waals surface area contributed by atoms with Crippen LogP contribution in [-0.2, 0) is 20.9 Å². The quantitative estimate of drug-likeness (QED) is 0.310. The smallest absolute Gasteiger partial charge is 0.407 e. The molecule has 0 aromatic heterocycles. The number of aliphatic hydroxyl groups is 5. The van der Waals surface area contributed by atoms with Gasteiger partial charge in [0.05, 0.1) is 0 Å². The van der Waals surface area contributed by atoms with E-state index in [1.807, 2.05) is 0 Å². The Morgan fingerprint density at radius 1 is 0.885 bits per heavy atom. The van der Waals surface area contributed by atoms with Crippen LogP contribution < -0.4 is 5.32 Å². The topological polar surface area (TPSA) is 166 Å². The fourth-order valence-corrected chi connectivity index (χ4v) is 2.45. The highest BCUT2D eigenvalue weighted by molar-refractivity contribution is 5.78. The van der Waals surface area contributed by atoms with Crippen LogP contribution in [0.15, 0.2) is 30.3 Å². The monoisotopic (exact) mass is 371 g/mol. The van der Waals surface area contributed by atoms with Gasteiger partial charge in [-0.2, -0.15) is 0 Å². The molecular weight excluding hydrogens is 350 g/mol. The van der Waals surface area contributed by atoms with Gasteiger partial charge in [0.1, 0.15) is 43.7 Å². The van der Waals surface area contributed by atoms with Gasteiger partial charge in [-0.25, -0.2) is 4.79 Å². The molecule has 0 heterocycles. The maximum Gasteiger partial charge on any atom is 0.407 e. The summed E-state index contributed by atoms with van der Waals surface area (Å²) in [5, 5.41) is 50.2. The van der Waals surface area contributed by atoms with Crippen molar-refractivity contribution >= 4 is 12.1 Å². The summed E-state index contributed by atoms with van der Waals surface area (Å²) in [6.45, 7) is -0.629. The van der Waals surface area contributed by atoms with E-state index in [2.05, 4.69) is 5.32 Å².